The molecule has 0 spiro atoms. The number of carboxylic acids is 2. The summed E-state index contributed by atoms with van der Waals surface area (Å²) in [5.74, 6) is -0.810. The Hall–Kier alpha value is -3.56. The summed E-state index contributed by atoms with van der Waals surface area (Å²) in [4.78, 5) is 40.5. The molecule has 0 saturated heterocycles. The minimum absolute atomic E-state index is 0.451. The van der Waals surface area contributed by atoms with Gasteiger partial charge in [0.1, 0.15) is 12.1 Å². The maximum absolute atomic E-state index is 11.7. The molecule has 1 rings (SSSR count). The van der Waals surface area contributed by atoms with Crippen LogP contribution in [0.4, 0.5) is 0 Å². The predicted molar refractivity (Wildman–Crippen MR) is 155 cm³/mol. The van der Waals surface area contributed by atoms with E-state index < -0.39 is 24.0 Å². The van der Waals surface area contributed by atoms with Crippen LogP contribution in [0.1, 0.15) is 77.3 Å². The van der Waals surface area contributed by atoms with Gasteiger partial charge in [-0.1, -0.05) is 24.3 Å². The molecular weight excluding hydrogens is 484 g/mol. The van der Waals surface area contributed by atoms with E-state index in [9.17, 15) is 19.8 Å². The van der Waals surface area contributed by atoms with Gasteiger partial charge in [-0.3, -0.25) is 20.0 Å². The van der Waals surface area contributed by atoms with Crippen LogP contribution in [-0.2, 0) is 22.4 Å². The molecular formula is C28H44N6O4. The SMILES string of the molecule is CC(N)=NCCCCC(N=C(C)Cc1cccc(CC(C)=NC(CCCCN=C(C)N)C(=O)O)c1)C(=O)O. The first kappa shape index (κ1) is 32.5. The number of rotatable bonds is 18. The molecule has 0 aliphatic carbocycles. The van der Waals surface area contributed by atoms with Gasteiger partial charge in [-0.2, -0.15) is 0 Å². The lowest BCUT2D eigenvalue weighted by atomic mass is 10.0. The average Bonchev–Trinajstić information content (AvgIpc) is 2.81. The Labute approximate surface area is 226 Å². The van der Waals surface area contributed by atoms with Crippen LogP contribution in [0.15, 0.2) is 44.2 Å². The molecule has 210 valence electrons. The van der Waals surface area contributed by atoms with Crippen molar-refractivity contribution in [3.63, 3.8) is 0 Å². The maximum Gasteiger partial charge on any atom is 0.328 e. The summed E-state index contributed by atoms with van der Waals surface area (Å²) in [6.45, 7) is 8.32. The first-order valence-corrected chi connectivity index (χ1v) is 13.1. The van der Waals surface area contributed by atoms with Crippen molar-refractivity contribution >= 4 is 35.0 Å². The van der Waals surface area contributed by atoms with E-state index in [1.54, 1.807) is 13.8 Å². The van der Waals surface area contributed by atoms with Crippen molar-refractivity contribution in [2.75, 3.05) is 13.1 Å². The Morgan fingerprint density at radius 3 is 1.47 bits per heavy atom. The standard InChI is InChI=1S/C28H44N6O4/c1-19(33-25(27(35)36)12-5-7-14-31-21(3)29)16-23-10-9-11-24(18-23)17-20(2)34-26(28(37)38)13-6-8-15-32-22(4)30/h9-11,18,25-26H,5-8,12-17H2,1-4H3,(H2,29,31)(H2,30,32)(H,35,36)(H,37,38). The molecule has 0 heterocycles. The molecule has 0 aliphatic heterocycles. The number of hydrogen-bond donors (Lipinski definition) is 4. The molecule has 10 nitrogen and oxygen atoms in total. The second-order valence-electron chi connectivity index (χ2n) is 9.65. The number of amidine groups is 2. The largest absolute Gasteiger partial charge is 0.480 e. The Morgan fingerprint density at radius 1 is 0.737 bits per heavy atom. The van der Waals surface area contributed by atoms with Gasteiger partial charge in [0.15, 0.2) is 0 Å². The number of aliphatic carboxylic acids is 2. The third-order valence-corrected chi connectivity index (χ3v) is 5.73. The molecule has 0 fully saturated rings. The highest BCUT2D eigenvalue weighted by Crippen LogP contribution is 2.13. The fourth-order valence-electron chi connectivity index (χ4n) is 3.96. The number of aliphatic imine (C=N–C) groups is 4. The summed E-state index contributed by atoms with van der Waals surface area (Å²) < 4.78 is 0. The number of benzene rings is 1. The Kier molecular flexibility index (Phi) is 15.2. The molecule has 2 atom stereocenters. The highest BCUT2D eigenvalue weighted by molar-refractivity contribution is 5.88. The minimum atomic E-state index is -0.932. The van der Waals surface area contributed by atoms with Gasteiger partial charge in [0.05, 0.1) is 11.7 Å². The van der Waals surface area contributed by atoms with Crippen molar-refractivity contribution in [1.82, 2.24) is 0 Å². The van der Waals surface area contributed by atoms with E-state index in [4.69, 9.17) is 11.5 Å². The fraction of sp³-hybridized carbons (Fsp3) is 0.571. The zero-order valence-electron chi connectivity index (χ0n) is 23.2. The van der Waals surface area contributed by atoms with Crippen molar-refractivity contribution < 1.29 is 19.8 Å². The third-order valence-electron chi connectivity index (χ3n) is 5.73. The summed E-state index contributed by atoms with van der Waals surface area (Å²) >= 11 is 0. The second-order valence-corrected chi connectivity index (χ2v) is 9.65. The highest BCUT2D eigenvalue weighted by atomic mass is 16.4. The van der Waals surface area contributed by atoms with Crippen LogP contribution in [0, 0.1) is 0 Å². The average molecular weight is 529 g/mol. The molecule has 1 aromatic rings. The van der Waals surface area contributed by atoms with Crippen molar-refractivity contribution in [3.8, 4) is 0 Å². The van der Waals surface area contributed by atoms with Crippen LogP contribution in [0.3, 0.4) is 0 Å². The van der Waals surface area contributed by atoms with Crippen molar-refractivity contribution in [3.05, 3.63) is 35.4 Å². The maximum atomic E-state index is 11.7. The molecule has 2 unspecified atom stereocenters. The molecule has 0 bridgehead atoms. The third kappa shape index (κ3) is 14.9. The van der Waals surface area contributed by atoms with Crippen molar-refractivity contribution in [2.24, 2.45) is 31.4 Å². The van der Waals surface area contributed by atoms with E-state index in [1.165, 1.54) is 0 Å². The van der Waals surface area contributed by atoms with Crippen LogP contribution in [-0.4, -0.2) is 70.4 Å². The lowest BCUT2D eigenvalue weighted by Gasteiger charge is -2.11. The molecule has 38 heavy (non-hydrogen) atoms. The summed E-state index contributed by atoms with van der Waals surface area (Å²) in [5, 5.41) is 19.1. The van der Waals surface area contributed by atoms with E-state index in [-0.39, 0.29) is 0 Å². The van der Waals surface area contributed by atoms with Gasteiger partial charge in [0, 0.05) is 37.4 Å². The van der Waals surface area contributed by atoms with Gasteiger partial charge in [-0.25, -0.2) is 9.59 Å². The van der Waals surface area contributed by atoms with Crippen LogP contribution < -0.4 is 11.5 Å². The molecule has 1 aromatic carbocycles. The Morgan fingerprint density at radius 2 is 1.13 bits per heavy atom. The number of hydrogen-bond acceptors (Lipinski definition) is 6. The van der Waals surface area contributed by atoms with Crippen LogP contribution in [0.2, 0.25) is 0 Å². The molecule has 6 N–H and O–H groups in total. The first-order chi connectivity index (χ1) is 18.0. The van der Waals surface area contributed by atoms with Crippen LogP contribution >= 0.6 is 0 Å². The van der Waals surface area contributed by atoms with Crippen molar-refractivity contribution in [1.29, 1.82) is 0 Å². The fourth-order valence-corrected chi connectivity index (χ4v) is 3.96. The van der Waals surface area contributed by atoms with Crippen LogP contribution in [0.5, 0.6) is 0 Å². The molecule has 0 saturated carbocycles. The number of unbranched alkanes of at least 4 members (excludes halogenated alkanes) is 2. The lowest BCUT2D eigenvalue weighted by molar-refractivity contribution is -0.139. The van der Waals surface area contributed by atoms with Gasteiger partial charge in [-0.05, 0) is 77.3 Å². The summed E-state index contributed by atoms with van der Waals surface area (Å²) in [6.07, 6.45) is 4.91. The van der Waals surface area contributed by atoms with Gasteiger partial charge in [0.2, 0.25) is 0 Å². The number of carboxylic acid groups (broad SMARTS) is 2. The molecule has 0 aromatic heterocycles. The van der Waals surface area contributed by atoms with Crippen molar-refractivity contribution in [2.45, 2.75) is 91.1 Å². The van der Waals surface area contributed by atoms with Gasteiger partial charge < -0.3 is 21.7 Å². The van der Waals surface area contributed by atoms with E-state index in [0.29, 0.717) is 63.3 Å². The van der Waals surface area contributed by atoms with Gasteiger partial charge >= 0.3 is 11.9 Å². The zero-order chi connectivity index (χ0) is 28.5. The van der Waals surface area contributed by atoms with E-state index in [2.05, 4.69) is 20.0 Å². The van der Waals surface area contributed by atoms with Gasteiger partial charge in [0.25, 0.3) is 0 Å². The summed E-state index contributed by atoms with van der Waals surface area (Å²) in [6, 6.07) is 6.36. The number of nitrogens with two attached hydrogens (primary N) is 2. The summed E-state index contributed by atoms with van der Waals surface area (Å²) in [7, 11) is 0. The topological polar surface area (TPSA) is 176 Å². The molecule has 0 aliphatic rings. The highest BCUT2D eigenvalue weighted by Gasteiger charge is 2.17. The minimum Gasteiger partial charge on any atom is -0.480 e. The smallest absolute Gasteiger partial charge is 0.328 e. The monoisotopic (exact) mass is 528 g/mol. The molecule has 0 amide bonds. The molecule has 10 heteroatoms. The number of carbonyl (C=O) groups is 2. The first-order valence-electron chi connectivity index (χ1n) is 13.1. The Balaban J connectivity index is 2.74. The summed E-state index contributed by atoms with van der Waals surface area (Å²) in [5.41, 5.74) is 14.6. The number of nitrogens with zero attached hydrogens (tertiary/aromatic N) is 4. The van der Waals surface area contributed by atoms with Crippen LogP contribution in [0.25, 0.3) is 0 Å². The Bertz CT molecular complexity index is 947. The second kappa shape index (κ2) is 17.8. The quantitative estimate of drug-likeness (QED) is 0.128. The van der Waals surface area contributed by atoms with Gasteiger partial charge in [-0.15, -0.1) is 0 Å². The predicted octanol–water partition coefficient (Wildman–Crippen LogP) is 3.69. The lowest BCUT2D eigenvalue weighted by Crippen LogP contribution is -2.20. The molecule has 0 radical (unpaired) electrons. The van der Waals surface area contributed by atoms with E-state index in [0.717, 1.165) is 35.4 Å². The van der Waals surface area contributed by atoms with E-state index >= 15 is 0 Å². The van der Waals surface area contributed by atoms with E-state index in [1.807, 2.05) is 38.1 Å². The zero-order valence-corrected chi connectivity index (χ0v) is 23.2. The normalized spacial score (nSPS) is 14.8.